The number of thiophene rings is 1. The lowest BCUT2D eigenvalue weighted by Crippen LogP contribution is -2.36. The van der Waals surface area contributed by atoms with Crippen molar-refractivity contribution in [1.29, 1.82) is 0 Å². The first kappa shape index (κ1) is 20.3. The van der Waals surface area contributed by atoms with Crippen LogP contribution in [0.25, 0.3) is 21.3 Å². The van der Waals surface area contributed by atoms with E-state index in [1.165, 1.54) is 21.5 Å². The number of amides is 1. The molecule has 3 aromatic rings. The van der Waals surface area contributed by atoms with E-state index in [0.717, 1.165) is 11.1 Å². The summed E-state index contributed by atoms with van der Waals surface area (Å²) in [5.74, 6) is 0.0893. The van der Waals surface area contributed by atoms with Crippen molar-refractivity contribution in [2.24, 2.45) is 5.73 Å². The van der Waals surface area contributed by atoms with E-state index in [2.05, 4.69) is 37.9 Å². The lowest BCUT2D eigenvalue weighted by Gasteiger charge is -2.19. The number of fused-ring (bicyclic) bond motifs is 1. The van der Waals surface area contributed by atoms with Crippen LogP contribution < -0.4 is 11.3 Å². The van der Waals surface area contributed by atoms with Gasteiger partial charge in [0, 0.05) is 17.4 Å². The summed E-state index contributed by atoms with van der Waals surface area (Å²) < 4.78 is 1.49. The number of aryl methyl sites for hydroxylation is 1. The number of benzene rings is 1. The van der Waals surface area contributed by atoms with Crippen LogP contribution in [-0.2, 0) is 16.6 Å². The number of nitrogens with zero attached hydrogens (tertiary/aromatic N) is 2. The summed E-state index contributed by atoms with van der Waals surface area (Å²) in [7, 11) is 0. The van der Waals surface area contributed by atoms with Crippen LogP contribution in [0.4, 0.5) is 0 Å². The van der Waals surface area contributed by atoms with Gasteiger partial charge in [0.25, 0.3) is 5.56 Å². The highest BCUT2D eigenvalue weighted by molar-refractivity contribution is 7.17. The Labute approximate surface area is 169 Å². The van der Waals surface area contributed by atoms with Crippen LogP contribution in [0.3, 0.4) is 0 Å². The standard InChI is InChI=1S/C22H27N3O2S/c1-6-16(19(23)26)25-17(7-2)24-20-18(21(25)27)15(12-28-20)13-8-10-14(11-9-13)22(3,4)5/h8-12,16H,6-7H2,1-5H3,(H2,23,26). The minimum atomic E-state index is -0.685. The number of primary amides is 1. The highest BCUT2D eigenvalue weighted by Crippen LogP contribution is 2.33. The predicted molar refractivity (Wildman–Crippen MR) is 116 cm³/mol. The van der Waals surface area contributed by atoms with Crippen molar-refractivity contribution in [2.75, 3.05) is 0 Å². The Morgan fingerprint density at radius 2 is 1.86 bits per heavy atom. The number of hydrogen-bond acceptors (Lipinski definition) is 4. The van der Waals surface area contributed by atoms with Crippen LogP contribution in [0.15, 0.2) is 34.4 Å². The van der Waals surface area contributed by atoms with Gasteiger partial charge in [0.2, 0.25) is 5.91 Å². The SMILES string of the molecule is CCc1nc2scc(-c3ccc(C(C)(C)C)cc3)c2c(=O)n1C(CC)C(N)=O. The molecule has 5 nitrogen and oxygen atoms in total. The molecule has 3 rings (SSSR count). The molecule has 1 atom stereocenters. The molecule has 1 aromatic carbocycles. The summed E-state index contributed by atoms with van der Waals surface area (Å²) >= 11 is 1.46. The molecule has 0 radical (unpaired) electrons. The molecule has 28 heavy (non-hydrogen) atoms. The van der Waals surface area contributed by atoms with Crippen LogP contribution in [0.2, 0.25) is 0 Å². The first-order chi connectivity index (χ1) is 13.2. The molecule has 0 fully saturated rings. The smallest absolute Gasteiger partial charge is 0.263 e. The second-order valence-electron chi connectivity index (χ2n) is 8.04. The second-order valence-corrected chi connectivity index (χ2v) is 8.90. The Morgan fingerprint density at radius 3 is 2.36 bits per heavy atom. The molecule has 0 aliphatic rings. The molecule has 6 heteroatoms. The highest BCUT2D eigenvalue weighted by atomic mass is 32.1. The first-order valence-corrected chi connectivity index (χ1v) is 10.5. The fraction of sp³-hybridized carbons (Fsp3) is 0.409. The summed E-state index contributed by atoms with van der Waals surface area (Å²) in [6.45, 7) is 10.3. The molecule has 0 aliphatic carbocycles. The average molecular weight is 398 g/mol. The fourth-order valence-electron chi connectivity index (χ4n) is 3.49. The zero-order valence-electron chi connectivity index (χ0n) is 17.1. The minimum Gasteiger partial charge on any atom is -0.368 e. The lowest BCUT2D eigenvalue weighted by atomic mass is 9.86. The Balaban J connectivity index is 2.24. The van der Waals surface area contributed by atoms with Gasteiger partial charge in [-0.2, -0.15) is 0 Å². The van der Waals surface area contributed by atoms with Gasteiger partial charge in [-0.3, -0.25) is 14.2 Å². The number of carbonyl (C=O) groups excluding carboxylic acids is 1. The number of carbonyl (C=O) groups is 1. The molecule has 0 aliphatic heterocycles. The topological polar surface area (TPSA) is 78.0 Å². The lowest BCUT2D eigenvalue weighted by molar-refractivity contribution is -0.121. The third-order valence-electron chi connectivity index (χ3n) is 5.12. The van der Waals surface area contributed by atoms with Gasteiger partial charge in [0.1, 0.15) is 16.7 Å². The molecule has 148 valence electrons. The maximum Gasteiger partial charge on any atom is 0.263 e. The van der Waals surface area contributed by atoms with Crippen molar-refractivity contribution in [1.82, 2.24) is 9.55 Å². The molecule has 0 bridgehead atoms. The maximum absolute atomic E-state index is 13.4. The van der Waals surface area contributed by atoms with Crippen LogP contribution in [-0.4, -0.2) is 15.5 Å². The summed E-state index contributed by atoms with van der Waals surface area (Å²) in [6.07, 6.45) is 1.01. The van der Waals surface area contributed by atoms with E-state index >= 15 is 0 Å². The van der Waals surface area contributed by atoms with Gasteiger partial charge in [-0.15, -0.1) is 11.3 Å². The van der Waals surface area contributed by atoms with Crippen molar-refractivity contribution in [3.63, 3.8) is 0 Å². The van der Waals surface area contributed by atoms with Crippen molar-refractivity contribution in [3.05, 3.63) is 51.4 Å². The predicted octanol–water partition coefficient (Wildman–Crippen LogP) is 4.42. The summed E-state index contributed by atoms with van der Waals surface area (Å²) in [4.78, 5) is 30.7. The Kier molecular flexibility index (Phi) is 5.44. The molecule has 1 amide bonds. The summed E-state index contributed by atoms with van der Waals surface area (Å²) in [5, 5.41) is 2.53. The third-order valence-corrected chi connectivity index (χ3v) is 5.99. The van der Waals surface area contributed by atoms with Gasteiger partial charge in [0.05, 0.1) is 5.39 Å². The summed E-state index contributed by atoms with van der Waals surface area (Å²) in [5.41, 5.74) is 8.51. The number of hydrogen-bond donors (Lipinski definition) is 1. The molecule has 0 saturated carbocycles. The normalized spacial score (nSPS) is 13.0. The van der Waals surface area contributed by atoms with Crippen molar-refractivity contribution in [3.8, 4) is 11.1 Å². The van der Waals surface area contributed by atoms with E-state index in [1.807, 2.05) is 31.4 Å². The number of nitrogens with two attached hydrogens (primary N) is 1. The van der Waals surface area contributed by atoms with Crippen LogP contribution in [0.5, 0.6) is 0 Å². The molecule has 1 unspecified atom stereocenters. The van der Waals surface area contributed by atoms with Gasteiger partial charge in [-0.25, -0.2) is 4.98 Å². The van der Waals surface area contributed by atoms with Crippen molar-refractivity contribution < 1.29 is 4.79 Å². The highest BCUT2D eigenvalue weighted by Gasteiger charge is 2.24. The van der Waals surface area contributed by atoms with Crippen LogP contribution in [0.1, 0.15) is 58.5 Å². The maximum atomic E-state index is 13.4. The van der Waals surface area contributed by atoms with Gasteiger partial charge in [-0.1, -0.05) is 58.9 Å². The third kappa shape index (κ3) is 3.49. The Hall–Kier alpha value is -2.47. The Bertz CT molecular complexity index is 1070. The van der Waals surface area contributed by atoms with E-state index in [0.29, 0.717) is 28.9 Å². The van der Waals surface area contributed by atoms with E-state index in [1.54, 1.807) is 0 Å². The Morgan fingerprint density at radius 1 is 1.21 bits per heavy atom. The monoisotopic (exact) mass is 397 g/mol. The molecular weight excluding hydrogens is 370 g/mol. The molecule has 2 aromatic heterocycles. The largest absolute Gasteiger partial charge is 0.368 e. The molecule has 2 heterocycles. The van der Waals surface area contributed by atoms with Gasteiger partial charge in [-0.05, 0) is 23.0 Å². The van der Waals surface area contributed by atoms with Gasteiger partial charge in [0.15, 0.2) is 0 Å². The quantitative estimate of drug-likeness (QED) is 0.692. The molecular formula is C22H27N3O2S. The average Bonchev–Trinajstić information content (AvgIpc) is 3.07. The zero-order chi connectivity index (χ0) is 20.6. The van der Waals surface area contributed by atoms with E-state index in [4.69, 9.17) is 5.73 Å². The molecule has 0 saturated heterocycles. The minimum absolute atomic E-state index is 0.0649. The zero-order valence-corrected chi connectivity index (χ0v) is 17.9. The van der Waals surface area contributed by atoms with Crippen molar-refractivity contribution in [2.45, 2.75) is 58.9 Å². The van der Waals surface area contributed by atoms with Gasteiger partial charge < -0.3 is 5.73 Å². The molecule has 2 N–H and O–H groups in total. The van der Waals surface area contributed by atoms with E-state index < -0.39 is 11.9 Å². The fourth-order valence-corrected chi connectivity index (χ4v) is 4.45. The van der Waals surface area contributed by atoms with Crippen LogP contribution in [0, 0.1) is 0 Å². The van der Waals surface area contributed by atoms with Gasteiger partial charge >= 0.3 is 0 Å². The second kappa shape index (κ2) is 7.51. The first-order valence-electron chi connectivity index (χ1n) is 9.61. The number of aromatic nitrogens is 2. The number of rotatable bonds is 5. The summed E-state index contributed by atoms with van der Waals surface area (Å²) in [6, 6.07) is 7.61. The van der Waals surface area contributed by atoms with Crippen LogP contribution >= 0.6 is 11.3 Å². The van der Waals surface area contributed by atoms with E-state index in [9.17, 15) is 9.59 Å². The molecule has 0 spiro atoms. The van der Waals surface area contributed by atoms with Crippen molar-refractivity contribution >= 4 is 27.5 Å². The van der Waals surface area contributed by atoms with E-state index in [-0.39, 0.29) is 11.0 Å².